The molecule has 0 aromatic heterocycles. The molecule has 0 radical (unpaired) electrons. The number of anilines is 3. The molecule has 0 atom stereocenters. The number of quaternary nitrogens is 2. The molecule has 11 N–H and O–H groups in total. The van der Waals surface area contributed by atoms with Gasteiger partial charge in [-0.05, 0) is 58.0 Å². The van der Waals surface area contributed by atoms with E-state index in [-0.39, 0.29) is 5.41 Å². The molecule has 0 amide bonds. The molecule has 1 aliphatic rings. The van der Waals surface area contributed by atoms with Gasteiger partial charge < -0.3 is 30.8 Å². The monoisotopic (exact) mass is 680 g/mol. The molecule has 4 aromatic rings. The first kappa shape index (κ1) is 37.1. The molecule has 12 nitrogen and oxygen atoms in total. The fourth-order valence-corrected chi connectivity index (χ4v) is 4.95. The highest BCUT2D eigenvalue weighted by molar-refractivity contribution is 7.83. The molecule has 0 spiro atoms. The maximum Gasteiger partial charge on any atom is 0.156 e. The molecular weight excluding hydrogens is 641 g/mol. The summed E-state index contributed by atoms with van der Waals surface area (Å²) in [5, 5.41) is 13.6. The molecule has 0 aliphatic heterocycles. The van der Waals surface area contributed by atoms with Crippen LogP contribution in [0.2, 0.25) is 0 Å². The Morgan fingerprint density at radius 1 is 0.745 bits per heavy atom. The van der Waals surface area contributed by atoms with Gasteiger partial charge in [-0.25, -0.2) is 27.1 Å². The average molecular weight is 681 g/mol. The van der Waals surface area contributed by atoms with Crippen molar-refractivity contribution < 1.29 is 37.4 Å². The predicted molar refractivity (Wildman–Crippen MR) is 184 cm³/mol. The number of nitrogens with zero attached hydrogens (tertiary/aromatic N) is 1. The van der Waals surface area contributed by atoms with E-state index in [2.05, 4.69) is 155 Å². The van der Waals surface area contributed by atoms with Crippen LogP contribution in [-0.2, 0) is 20.6 Å². The summed E-state index contributed by atoms with van der Waals surface area (Å²) in [6.07, 6.45) is 9.08. The topological polar surface area (TPSA) is 237 Å². The van der Waals surface area contributed by atoms with E-state index in [1.165, 1.54) is 38.7 Å². The van der Waals surface area contributed by atoms with Gasteiger partial charge in [0.2, 0.25) is 0 Å². The highest BCUT2D eigenvalue weighted by Gasteiger charge is 2.28. The van der Waals surface area contributed by atoms with Crippen LogP contribution >= 0.6 is 0 Å². The van der Waals surface area contributed by atoms with Crippen molar-refractivity contribution in [3.8, 4) is 0 Å². The molecule has 250 valence electrons. The minimum Gasteiger partial charge on any atom is -0.736 e. The lowest BCUT2D eigenvalue weighted by Gasteiger charge is -2.24. The Kier molecular flexibility index (Phi) is 12.6. The number of para-hydroxylation sites is 1. The Bertz CT molecular complexity index is 1910. The Morgan fingerprint density at radius 2 is 1.23 bits per heavy atom. The number of nitrogens with one attached hydrogen (secondary N) is 1. The summed E-state index contributed by atoms with van der Waals surface area (Å²) in [5.41, 5.74) is 16.5. The second-order valence-electron chi connectivity index (χ2n) is 10.9. The molecule has 0 saturated heterocycles. The Labute approximate surface area is 275 Å². The summed E-state index contributed by atoms with van der Waals surface area (Å²) in [5.74, 6) is 0. The molecule has 47 heavy (non-hydrogen) atoms. The maximum atomic E-state index is 8.85. The quantitative estimate of drug-likeness (QED) is 0.180. The van der Waals surface area contributed by atoms with Crippen LogP contribution in [0.5, 0.6) is 0 Å². The molecule has 4 aromatic carbocycles. The number of hydrogen-bond donors (Lipinski definition) is 5. The minimum atomic E-state index is -4.42. The van der Waals surface area contributed by atoms with Gasteiger partial charge in [-0.15, -0.1) is 0 Å². The maximum absolute atomic E-state index is 8.85. The molecule has 0 heterocycles. The smallest absolute Gasteiger partial charge is 0.156 e. The van der Waals surface area contributed by atoms with E-state index in [9.17, 15) is 0 Å². The van der Waals surface area contributed by atoms with Gasteiger partial charge in [0, 0.05) is 36.5 Å². The fraction of sp³-hybridized carbons (Fsp3) is 0.152. The Morgan fingerprint density at radius 3 is 1.72 bits per heavy atom. The third-order valence-corrected chi connectivity index (χ3v) is 7.33. The zero-order valence-corrected chi connectivity index (χ0v) is 27.8. The summed E-state index contributed by atoms with van der Waals surface area (Å²) in [6, 6.07) is 32.3. The largest absolute Gasteiger partial charge is 0.736 e. The second-order valence-corrected chi connectivity index (χ2v) is 12.8. The van der Waals surface area contributed by atoms with E-state index in [0.29, 0.717) is 0 Å². The lowest BCUT2D eigenvalue weighted by molar-refractivity contribution is -0.429. The molecule has 0 saturated carbocycles. The summed E-state index contributed by atoms with van der Waals surface area (Å²) >= 11 is 0. The van der Waals surface area contributed by atoms with Crippen LogP contribution < -0.4 is 32.0 Å². The van der Waals surface area contributed by atoms with Crippen molar-refractivity contribution in [3.63, 3.8) is 0 Å². The normalized spacial score (nSPS) is 13.6. The van der Waals surface area contributed by atoms with Gasteiger partial charge in [0.25, 0.3) is 0 Å². The fourth-order valence-electron chi connectivity index (χ4n) is 4.95. The summed E-state index contributed by atoms with van der Waals surface area (Å²) in [4.78, 5) is 2.13. The number of benzene rings is 4. The molecule has 14 heteroatoms. The van der Waals surface area contributed by atoms with Crippen molar-refractivity contribution in [2.24, 2.45) is 15.7 Å². The van der Waals surface area contributed by atoms with Crippen molar-refractivity contribution in [2.45, 2.75) is 0 Å². The molecule has 0 fully saturated rings. The Hall–Kier alpha value is -4.38. The molecule has 0 unspecified atom stereocenters. The first-order valence-corrected chi connectivity index (χ1v) is 17.3. The zero-order chi connectivity index (χ0) is 34.8. The third kappa shape index (κ3) is 11.4. The second kappa shape index (κ2) is 15.9. The van der Waals surface area contributed by atoms with Crippen molar-refractivity contribution in [2.75, 3.05) is 37.4 Å². The van der Waals surface area contributed by atoms with Gasteiger partial charge in [0.1, 0.15) is 5.41 Å². The van der Waals surface area contributed by atoms with Gasteiger partial charge in [-0.3, -0.25) is 0 Å². The van der Waals surface area contributed by atoms with Crippen LogP contribution in [0.1, 0.15) is 11.1 Å². The summed E-state index contributed by atoms with van der Waals surface area (Å²) < 4.78 is 53.1. The number of fused-ring (bicyclic) bond motifs is 1. The van der Waals surface area contributed by atoms with Gasteiger partial charge in [0.15, 0.2) is 20.6 Å². The van der Waals surface area contributed by atoms with E-state index < -0.39 is 20.6 Å². The van der Waals surface area contributed by atoms with Gasteiger partial charge in [-0.1, -0.05) is 85.0 Å². The first-order valence-electron chi connectivity index (χ1n) is 14.3. The highest BCUT2D eigenvalue weighted by Crippen LogP contribution is 2.39. The third-order valence-electron chi connectivity index (χ3n) is 7.33. The van der Waals surface area contributed by atoms with Crippen LogP contribution in [0.15, 0.2) is 121 Å². The van der Waals surface area contributed by atoms with E-state index >= 15 is 0 Å². The highest BCUT2D eigenvalue weighted by atomic mass is 32.2. The number of allylic oxidation sites excluding steroid dienone is 3. The van der Waals surface area contributed by atoms with Crippen molar-refractivity contribution in [1.82, 2.24) is 0 Å². The summed E-state index contributed by atoms with van der Waals surface area (Å²) in [7, 11) is -4.69. The van der Waals surface area contributed by atoms with Crippen LogP contribution in [-0.4, -0.2) is 53.1 Å². The minimum absolute atomic E-state index is 0.0745. The average Bonchev–Trinajstić information content (AvgIpc) is 3.02. The first-order chi connectivity index (χ1) is 22.0. The van der Waals surface area contributed by atoms with Crippen LogP contribution in [0.3, 0.4) is 0 Å². The molecule has 1 aliphatic carbocycles. The van der Waals surface area contributed by atoms with E-state index in [1.54, 1.807) is 0 Å². The van der Waals surface area contributed by atoms with Gasteiger partial charge >= 0.3 is 0 Å². The van der Waals surface area contributed by atoms with Crippen LogP contribution in [0.4, 0.5) is 17.1 Å². The van der Waals surface area contributed by atoms with Crippen molar-refractivity contribution >= 4 is 54.0 Å². The molecule has 5 rings (SSSR count). The zero-order valence-electron chi connectivity index (χ0n) is 26.2. The lowest BCUT2D eigenvalue weighted by atomic mass is 9.80. The number of rotatable bonds is 7. The van der Waals surface area contributed by atoms with E-state index in [4.69, 9.17) is 25.9 Å². The standard InChI is InChI=1S/C33H34N4.2H3NO3S/c1-37(2)27-14-12-24(13-15-27)32(25-18-20-33(22-34,23-35)21-19-25)30-16-17-31(29-11-7-6-10-28(29)30)36-26-8-4-3-5-9-26;2*1-5(2,3)4/h3-21,36H,22-23,34-35H2,1-2H3;2*(H3,1,2,3,4). The summed E-state index contributed by atoms with van der Waals surface area (Å²) in [6.45, 7) is 1.60. The predicted octanol–water partition coefficient (Wildman–Crippen LogP) is 1.86. The Balaban J connectivity index is 0.000000526. The van der Waals surface area contributed by atoms with Crippen LogP contribution in [0.25, 0.3) is 16.3 Å². The lowest BCUT2D eigenvalue weighted by Crippen LogP contribution is -2.66. The van der Waals surface area contributed by atoms with E-state index in [1.807, 2.05) is 6.07 Å². The van der Waals surface area contributed by atoms with Crippen molar-refractivity contribution in [3.05, 3.63) is 132 Å². The SMILES string of the molecule is CN(C)c1ccc(C(=C2C=CC(C[NH3+])(C[NH3+])C=C2)c2ccc(Nc3ccccc3)c3ccccc23)cc1.NS(=O)(=O)[O-].NS(=O)(=O)[O-]. The van der Waals surface area contributed by atoms with Crippen molar-refractivity contribution in [1.29, 1.82) is 0 Å². The van der Waals surface area contributed by atoms with Gasteiger partial charge in [0.05, 0.1) is 13.1 Å². The number of hydrogen-bond acceptors (Lipinski definition) is 8. The van der Waals surface area contributed by atoms with Gasteiger partial charge in [-0.2, -0.15) is 0 Å². The number of nitrogens with two attached hydrogens (primary N) is 2. The van der Waals surface area contributed by atoms with Crippen LogP contribution in [0, 0.1) is 5.41 Å². The molecule has 0 bridgehead atoms. The molecular formula is C33H40N6O6S2. The van der Waals surface area contributed by atoms with E-state index in [0.717, 1.165) is 24.5 Å².